The van der Waals surface area contributed by atoms with Crippen LogP contribution in [-0.2, 0) is 6.18 Å². The number of hydrogen-bond acceptors (Lipinski definition) is 1. The molecular weight excluding hydrogens is 267 g/mol. The average Bonchev–Trinajstić information content (AvgIpc) is 2.36. The third kappa shape index (κ3) is 3.32. The fraction of sp³-hybridized carbons (Fsp3) is 0.533. The predicted molar refractivity (Wildman–Crippen MR) is 70.3 cm³/mol. The summed E-state index contributed by atoms with van der Waals surface area (Å²) >= 11 is 0. The molecule has 1 amide bonds. The zero-order valence-corrected chi connectivity index (χ0v) is 11.6. The molecule has 0 aliphatic carbocycles. The molecule has 0 N–H and O–H groups in total. The molecule has 2 rings (SSSR count). The Morgan fingerprint density at radius 1 is 1.10 bits per heavy atom. The Kier molecular flexibility index (Phi) is 4.06. The largest absolute Gasteiger partial charge is 0.416 e. The molecule has 1 aromatic rings. The Balaban J connectivity index is 2.13. The minimum absolute atomic E-state index is 0.183. The highest BCUT2D eigenvalue weighted by Crippen LogP contribution is 2.29. The summed E-state index contributed by atoms with van der Waals surface area (Å²) < 4.78 is 37.4. The fourth-order valence-electron chi connectivity index (χ4n) is 2.81. The van der Waals surface area contributed by atoms with Crippen LogP contribution >= 0.6 is 0 Å². The van der Waals surface area contributed by atoms with Gasteiger partial charge in [-0.05, 0) is 42.5 Å². The topological polar surface area (TPSA) is 20.3 Å². The molecule has 1 saturated heterocycles. The minimum atomic E-state index is -4.37. The highest BCUT2D eigenvalue weighted by Gasteiger charge is 2.31. The molecule has 0 unspecified atom stereocenters. The number of halogens is 3. The first-order valence-electron chi connectivity index (χ1n) is 6.74. The number of benzene rings is 1. The van der Waals surface area contributed by atoms with Crippen molar-refractivity contribution < 1.29 is 18.0 Å². The van der Waals surface area contributed by atoms with Crippen molar-refractivity contribution in [2.24, 2.45) is 11.8 Å². The van der Waals surface area contributed by atoms with E-state index in [-0.39, 0.29) is 5.91 Å². The van der Waals surface area contributed by atoms with Crippen molar-refractivity contribution >= 4 is 5.91 Å². The van der Waals surface area contributed by atoms with Crippen LogP contribution < -0.4 is 0 Å². The summed E-state index contributed by atoms with van der Waals surface area (Å²) in [5.74, 6) is 0.673. The molecule has 110 valence electrons. The summed E-state index contributed by atoms with van der Waals surface area (Å²) in [5, 5.41) is 0. The molecule has 1 aromatic carbocycles. The van der Waals surface area contributed by atoms with Gasteiger partial charge in [-0.15, -0.1) is 0 Å². The highest BCUT2D eigenvalue weighted by atomic mass is 19.4. The molecule has 2 atom stereocenters. The smallest absolute Gasteiger partial charge is 0.338 e. The first kappa shape index (κ1) is 14.9. The fourth-order valence-corrected chi connectivity index (χ4v) is 2.81. The van der Waals surface area contributed by atoms with E-state index in [0.29, 0.717) is 30.5 Å². The van der Waals surface area contributed by atoms with Crippen LogP contribution in [0.1, 0.15) is 36.2 Å². The van der Waals surface area contributed by atoms with E-state index in [4.69, 9.17) is 0 Å². The van der Waals surface area contributed by atoms with E-state index < -0.39 is 11.7 Å². The van der Waals surface area contributed by atoms with Crippen LogP contribution in [0.15, 0.2) is 24.3 Å². The van der Waals surface area contributed by atoms with E-state index in [9.17, 15) is 18.0 Å². The van der Waals surface area contributed by atoms with Gasteiger partial charge in [0.2, 0.25) is 0 Å². The number of likely N-dealkylation sites (tertiary alicyclic amines) is 1. The number of nitrogens with zero attached hydrogens (tertiary/aromatic N) is 1. The molecule has 1 fully saturated rings. The van der Waals surface area contributed by atoms with Gasteiger partial charge in [-0.3, -0.25) is 4.79 Å². The maximum atomic E-state index is 12.5. The second kappa shape index (κ2) is 5.46. The van der Waals surface area contributed by atoms with E-state index >= 15 is 0 Å². The summed E-state index contributed by atoms with van der Waals surface area (Å²) in [6.07, 6.45) is -3.29. The van der Waals surface area contributed by atoms with Crippen molar-refractivity contribution in [2.45, 2.75) is 26.4 Å². The van der Waals surface area contributed by atoms with Crippen LogP contribution in [0, 0.1) is 11.8 Å². The molecule has 5 heteroatoms. The molecule has 0 bridgehead atoms. The van der Waals surface area contributed by atoms with E-state index in [1.165, 1.54) is 12.1 Å². The predicted octanol–water partition coefficient (Wildman–Crippen LogP) is 3.82. The summed E-state index contributed by atoms with van der Waals surface area (Å²) in [5.41, 5.74) is -0.409. The second-order valence-electron chi connectivity index (χ2n) is 5.73. The van der Waals surface area contributed by atoms with Gasteiger partial charge in [0, 0.05) is 18.7 Å². The molecule has 1 heterocycles. The van der Waals surface area contributed by atoms with E-state index in [1.807, 2.05) is 0 Å². The van der Waals surface area contributed by atoms with Gasteiger partial charge in [-0.25, -0.2) is 0 Å². The number of piperidine rings is 1. The molecule has 0 aromatic heterocycles. The molecule has 0 spiro atoms. The van der Waals surface area contributed by atoms with Crippen molar-refractivity contribution in [3.8, 4) is 0 Å². The van der Waals surface area contributed by atoms with Crippen molar-refractivity contribution in [3.05, 3.63) is 35.4 Å². The van der Waals surface area contributed by atoms with Gasteiger partial charge in [0.1, 0.15) is 0 Å². The van der Waals surface area contributed by atoms with Crippen LogP contribution in [0.25, 0.3) is 0 Å². The van der Waals surface area contributed by atoms with Gasteiger partial charge in [0.05, 0.1) is 5.56 Å². The van der Waals surface area contributed by atoms with Crippen molar-refractivity contribution in [1.29, 1.82) is 0 Å². The number of amides is 1. The number of alkyl halides is 3. The van der Waals surface area contributed by atoms with E-state index in [0.717, 1.165) is 18.6 Å². The lowest BCUT2D eigenvalue weighted by atomic mass is 9.91. The molecule has 1 aliphatic heterocycles. The highest BCUT2D eigenvalue weighted by molar-refractivity contribution is 5.94. The lowest BCUT2D eigenvalue weighted by molar-refractivity contribution is -0.137. The number of carbonyl (C=O) groups excluding carboxylic acids is 1. The van der Waals surface area contributed by atoms with Crippen LogP contribution in [0.4, 0.5) is 13.2 Å². The Bertz CT molecular complexity index is 471. The van der Waals surface area contributed by atoms with E-state index in [1.54, 1.807) is 4.90 Å². The third-order valence-electron chi connectivity index (χ3n) is 3.62. The standard InChI is InChI=1S/C15H18F3NO/c1-10-7-11(2)9-19(8-10)14(20)12-3-5-13(6-4-12)15(16,17)18/h3-6,10-11H,7-9H2,1-2H3/t10-,11+. The summed E-state index contributed by atoms with van der Waals surface area (Å²) in [7, 11) is 0. The minimum Gasteiger partial charge on any atom is -0.338 e. The van der Waals surface area contributed by atoms with Gasteiger partial charge in [-0.1, -0.05) is 13.8 Å². The summed E-state index contributed by atoms with van der Waals surface area (Å²) in [4.78, 5) is 14.0. The van der Waals surface area contributed by atoms with Gasteiger partial charge in [0.25, 0.3) is 5.91 Å². The molecule has 0 saturated carbocycles. The summed E-state index contributed by atoms with van der Waals surface area (Å²) in [6.45, 7) is 5.51. The normalized spacial score (nSPS) is 23.8. The Hall–Kier alpha value is -1.52. The Morgan fingerprint density at radius 2 is 1.60 bits per heavy atom. The zero-order chi connectivity index (χ0) is 14.9. The van der Waals surface area contributed by atoms with Crippen LogP contribution in [-0.4, -0.2) is 23.9 Å². The molecule has 0 radical (unpaired) electrons. The zero-order valence-electron chi connectivity index (χ0n) is 11.6. The van der Waals surface area contributed by atoms with Gasteiger partial charge < -0.3 is 4.90 Å². The quantitative estimate of drug-likeness (QED) is 0.768. The van der Waals surface area contributed by atoms with E-state index in [2.05, 4.69) is 13.8 Å². The lowest BCUT2D eigenvalue weighted by Crippen LogP contribution is -2.42. The SMILES string of the molecule is C[C@@H]1C[C@H](C)CN(C(=O)c2ccc(C(F)(F)F)cc2)C1. The van der Waals surface area contributed by atoms with Crippen LogP contribution in [0.2, 0.25) is 0 Å². The van der Waals surface area contributed by atoms with Crippen LogP contribution in [0.5, 0.6) is 0 Å². The molecular formula is C15H18F3NO. The van der Waals surface area contributed by atoms with Crippen molar-refractivity contribution in [3.63, 3.8) is 0 Å². The maximum absolute atomic E-state index is 12.5. The second-order valence-corrected chi connectivity index (χ2v) is 5.73. The number of rotatable bonds is 1. The monoisotopic (exact) mass is 285 g/mol. The van der Waals surface area contributed by atoms with Crippen molar-refractivity contribution in [2.75, 3.05) is 13.1 Å². The van der Waals surface area contributed by atoms with Gasteiger partial charge >= 0.3 is 6.18 Å². The first-order valence-corrected chi connectivity index (χ1v) is 6.74. The number of carbonyl (C=O) groups is 1. The van der Waals surface area contributed by atoms with Crippen LogP contribution in [0.3, 0.4) is 0 Å². The van der Waals surface area contributed by atoms with Gasteiger partial charge in [0.15, 0.2) is 0 Å². The average molecular weight is 285 g/mol. The number of hydrogen-bond donors (Lipinski definition) is 0. The van der Waals surface area contributed by atoms with Gasteiger partial charge in [-0.2, -0.15) is 13.2 Å². The molecule has 20 heavy (non-hydrogen) atoms. The molecule has 1 aliphatic rings. The molecule has 2 nitrogen and oxygen atoms in total. The Morgan fingerprint density at radius 3 is 2.05 bits per heavy atom. The van der Waals surface area contributed by atoms with Crippen molar-refractivity contribution in [1.82, 2.24) is 4.90 Å². The lowest BCUT2D eigenvalue weighted by Gasteiger charge is -2.35. The maximum Gasteiger partial charge on any atom is 0.416 e. The third-order valence-corrected chi connectivity index (χ3v) is 3.62. The summed E-state index contributed by atoms with van der Waals surface area (Å²) in [6, 6.07) is 4.44. The first-order chi connectivity index (χ1) is 9.27. The Labute approximate surface area is 116 Å².